The Morgan fingerprint density at radius 1 is 1.19 bits per heavy atom. The molecule has 10 nitrogen and oxygen atoms in total. The average Bonchev–Trinajstić information content (AvgIpc) is 3.12. The number of methoxy groups -OCH3 is 2. The molecule has 2 aromatic carbocycles. The number of hydrogen-bond acceptors (Lipinski definition) is 9. The number of thioether (sulfide) groups is 1. The molecule has 0 aliphatic carbocycles. The van der Waals surface area contributed by atoms with Crippen LogP contribution in [0.5, 0.6) is 11.5 Å². The molecular formula is C19H20BrN7O3S. The van der Waals surface area contributed by atoms with Gasteiger partial charge in [-0.2, -0.15) is 5.10 Å². The highest BCUT2D eigenvalue weighted by molar-refractivity contribution is 9.10. The van der Waals surface area contributed by atoms with Crippen LogP contribution in [0, 0.1) is 0 Å². The summed E-state index contributed by atoms with van der Waals surface area (Å²) < 4.78 is 12.6. The van der Waals surface area contributed by atoms with Crippen LogP contribution in [0.1, 0.15) is 5.56 Å². The molecule has 0 saturated carbocycles. The molecule has 3 aromatic rings. The number of hydrazone groups is 1. The smallest absolute Gasteiger partial charge is 0.264 e. The number of carbonyl (C=O) groups excluding carboxylic acids is 1. The number of halogens is 1. The van der Waals surface area contributed by atoms with Crippen molar-refractivity contribution in [1.82, 2.24) is 14.9 Å². The number of aromatic nitrogens is 3. The van der Waals surface area contributed by atoms with Gasteiger partial charge in [0.2, 0.25) is 11.1 Å². The van der Waals surface area contributed by atoms with E-state index in [0.29, 0.717) is 22.3 Å². The van der Waals surface area contributed by atoms with Crippen LogP contribution in [0.25, 0.3) is 0 Å². The van der Waals surface area contributed by atoms with E-state index in [1.165, 1.54) is 4.68 Å². The van der Waals surface area contributed by atoms with Crippen molar-refractivity contribution in [2.75, 3.05) is 36.6 Å². The van der Waals surface area contributed by atoms with Crippen molar-refractivity contribution >= 4 is 51.4 Å². The minimum atomic E-state index is -0.244. The molecule has 0 unspecified atom stereocenters. The van der Waals surface area contributed by atoms with Crippen LogP contribution in [0.4, 0.5) is 11.6 Å². The van der Waals surface area contributed by atoms with Crippen molar-refractivity contribution in [3.8, 4) is 11.5 Å². The predicted molar refractivity (Wildman–Crippen MR) is 124 cm³/mol. The minimum Gasteiger partial charge on any atom is -0.497 e. The Kier molecular flexibility index (Phi) is 7.73. The van der Waals surface area contributed by atoms with Crippen molar-refractivity contribution in [2.24, 2.45) is 5.10 Å². The number of nitrogens with two attached hydrogens (primary N) is 1. The second-order valence-electron chi connectivity index (χ2n) is 6.04. The normalized spacial score (nSPS) is 10.8. The first-order valence-corrected chi connectivity index (χ1v) is 10.7. The highest BCUT2D eigenvalue weighted by Gasteiger charge is 2.13. The van der Waals surface area contributed by atoms with E-state index in [0.717, 1.165) is 21.8 Å². The summed E-state index contributed by atoms with van der Waals surface area (Å²) in [7, 11) is 3.08. The summed E-state index contributed by atoms with van der Waals surface area (Å²) in [5, 5.41) is 15.2. The van der Waals surface area contributed by atoms with Gasteiger partial charge in [-0.05, 0) is 17.7 Å². The Labute approximate surface area is 191 Å². The number of benzene rings is 2. The van der Waals surface area contributed by atoms with Crippen LogP contribution in [0.3, 0.4) is 0 Å². The Hall–Kier alpha value is -3.25. The Balaban J connectivity index is 1.54. The Bertz CT molecular complexity index is 1050. The summed E-state index contributed by atoms with van der Waals surface area (Å²) in [5.74, 6) is 7.21. The molecule has 4 N–H and O–H groups in total. The molecule has 3 rings (SSSR count). The lowest BCUT2D eigenvalue weighted by Crippen LogP contribution is -2.17. The van der Waals surface area contributed by atoms with Crippen LogP contribution < -0.4 is 26.1 Å². The van der Waals surface area contributed by atoms with Gasteiger partial charge in [0.05, 0.1) is 26.2 Å². The standard InChI is InChI=1S/C19H20BrN7O3S/c1-29-15-7-14(8-16(9-15)30-2)23-17(28)11-31-19-26-25-18(27(19)21)24-22-10-12-3-5-13(20)6-4-12/h3-10H,11,21H2,1-2H3,(H,23,28)(H,24,25)/b22-10+. The molecule has 0 bridgehead atoms. The quantitative estimate of drug-likeness (QED) is 0.175. The van der Waals surface area contributed by atoms with E-state index in [1.54, 1.807) is 38.6 Å². The van der Waals surface area contributed by atoms with Crippen LogP contribution in [0.2, 0.25) is 0 Å². The molecular weight excluding hydrogens is 486 g/mol. The van der Waals surface area contributed by atoms with Gasteiger partial charge in [-0.1, -0.05) is 39.8 Å². The molecule has 12 heteroatoms. The number of carbonyl (C=O) groups is 1. The highest BCUT2D eigenvalue weighted by atomic mass is 79.9. The molecule has 0 radical (unpaired) electrons. The lowest BCUT2D eigenvalue weighted by molar-refractivity contribution is -0.113. The first-order chi connectivity index (χ1) is 15.0. The van der Waals surface area contributed by atoms with E-state index in [1.807, 2.05) is 24.3 Å². The first kappa shape index (κ1) is 22.4. The van der Waals surface area contributed by atoms with Gasteiger partial charge in [0.15, 0.2) is 0 Å². The van der Waals surface area contributed by atoms with Crippen LogP contribution in [-0.2, 0) is 4.79 Å². The van der Waals surface area contributed by atoms with Gasteiger partial charge in [-0.25, -0.2) is 10.1 Å². The number of anilines is 2. The zero-order chi connectivity index (χ0) is 22.2. The fourth-order valence-corrected chi connectivity index (χ4v) is 3.29. The fourth-order valence-electron chi connectivity index (χ4n) is 2.37. The zero-order valence-electron chi connectivity index (χ0n) is 16.7. The summed E-state index contributed by atoms with van der Waals surface area (Å²) in [6.07, 6.45) is 1.63. The van der Waals surface area contributed by atoms with Gasteiger partial charge in [0, 0.05) is 28.4 Å². The third-order valence-electron chi connectivity index (χ3n) is 3.88. The predicted octanol–water partition coefficient (Wildman–Crippen LogP) is 2.95. The summed E-state index contributed by atoms with van der Waals surface area (Å²) in [5.41, 5.74) is 4.19. The Morgan fingerprint density at radius 3 is 2.52 bits per heavy atom. The van der Waals surface area contributed by atoms with Gasteiger partial charge in [-0.15, -0.1) is 10.2 Å². The van der Waals surface area contributed by atoms with E-state index < -0.39 is 0 Å². The number of nitrogens with one attached hydrogen (secondary N) is 2. The van der Waals surface area contributed by atoms with Gasteiger partial charge in [0.25, 0.3) is 5.95 Å². The Morgan fingerprint density at radius 2 is 1.87 bits per heavy atom. The first-order valence-electron chi connectivity index (χ1n) is 8.89. The summed E-state index contributed by atoms with van der Waals surface area (Å²) in [6, 6.07) is 12.7. The molecule has 0 fully saturated rings. The molecule has 0 atom stereocenters. The summed E-state index contributed by atoms with van der Waals surface area (Å²) >= 11 is 4.52. The monoisotopic (exact) mass is 505 g/mol. The highest BCUT2D eigenvalue weighted by Crippen LogP contribution is 2.26. The van der Waals surface area contributed by atoms with E-state index in [2.05, 4.69) is 42.0 Å². The maximum Gasteiger partial charge on any atom is 0.264 e. The van der Waals surface area contributed by atoms with Gasteiger partial charge < -0.3 is 20.6 Å². The lowest BCUT2D eigenvalue weighted by atomic mass is 10.2. The number of ether oxygens (including phenoxy) is 2. The maximum atomic E-state index is 12.3. The van der Waals surface area contributed by atoms with Crippen LogP contribution in [0.15, 0.2) is 57.2 Å². The topological polar surface area (TPSA) is 129 Å². The summed E-state index contributed by atoms with van der Waals surface area (Å²) in [4.78, 5) is 12.3. The SMILES string of the molecule is COc1cc(NC(=O)CSc2nnc(N/N=C/c3ccc(Br)cc3)n2N)cc(OC)c1. The number of nitrogen functional groups attached to an aromatic ring is 1. The third kappa shape index (κ3) is 6.36. The molecule has 31 heavy (non-hydrogen) atoms. The van der Waals surface area contributed by atoms with Crippen molar-refractivity contribution in [2.45, 2.75) is 5.16 Å². The number of nitrogens with zero attached hydrogens (tertiary/aromatic N) is 4. The molecule has 0 saturated heterocycles. The van der Waals surface area contributed by atoms with E-state index >= 15 is 0 Å². The molecule has 0 aliphatic heterocycles. The average molecular weight is 506 g/mol. The van der Waals surface area contributed by atoms with Gasteiger partial charge in [-0.3, -0.25) is 4.79 Å². The van der Waals surface area contributed by atoms with Crippen molar-refractivity contribution in [3.63, 3.8) is 0 Å². The maximum absolute atomic E-state index is 12.3. The lowest BCUT2D eigenvalue weighted by Gasteiger charge is -2.09. The number of hydrogen-bond donors (Lipinski definition) is 3. The molecule has 1 amide bonds. The summed E-state index contributed by atoms with van der Waals surface area (Å²) in [6.45, 7) is 0. The van der Waals surface area contributed by atoms with Gasteiger partial charge >= 0.3 is 0 Å². The van der Waals surface area contributed by atoms with Crippen LogP contribution in [-0.4, -0.2) is 47.0 Å². The molecule has 1 aromatic heterocycles. The number of rotatable bonds is 9. The third-order valence-corrected chi connectivity index (χ3v) is 5.35. The molecule has 0 aliphatic rings. The molecule has 162 valence electrons. The second-order valence-corrected chi connectivity index (χ2v) is 7.89. The van der Waals surface area contributed by atoms with Gasteiger partial charge in [0.1, 0.15) is 11.5 Å². The van der Waals surface area contributed by atoms with E-state index in [4.69, 9.17) is 15.3 Å². The number of amides is 1. The minimum absolute atomic E-state index is 0.0804. The van der Waals surface area contributed by atoms with Crippen molar-refractivity contribution < 1.29 is 14.3 Å². The van der Waals surface area contributed by atoms with E-state index in [9.17, 15) is 4.79 Å². The largest absolute Gasteiger partial charge is 0.497 e. The second kappa shape index (κ2) is 10.7. The van der Waals surface area contributed by atoms with Crippen molar-refractivity contribution in [1.29, 1.82) is 0 Å². The fraction of sp³-hybridized carbons (Fsp3) is 0.158. The molecule has 1 heterocycles. The van der Waals surface area contributed by atoms with Crippen LogP contribution >= 0.6 is 27.7 Å². The zero-order valence-corrected chi connectivity index (χ0v) is 19.1. The molecule has 0 spiro atoms. The van der Waals surface area contributed by atoms with Crippen molar-refractivity contribution in [3.05, 3.63) is 52.5 Å². The van der Waals surface area contributed by atoms with E-state index in [-0.39, 0.29) is 17.6 Å².